The molecule has 0 spiro atoms. The Morgan fingerprint density at radius 2 is 1.65 bits per heavy atom. The molecule has 0 saturated carbocycles. The van der Waals surface area contributed by atoms with Crippen molar-refractivity contribution in [1.82, 2.24) is 4.90 Å². The molecule has 136 valence electrons. The summed E-state index contributed by atoms with van der Waals surface area (Å²) in [6.45, 7) is 0.511. The number of hydrogen-bond acceptors (Lipinski definition) is 5. The van der Waals surface area contributed by atoms with Crippen LogP contribution in [0.4, 0.5) is 4.79 Å². The number of likely N-dealkylation sites (tertiary alicyclic amines) is 1. The second-order valence-corrected chi connectivity index (χ2v) is 6.23. The topological polar surface area (TPSA) is 76.1 Å². The van der Waals surface area contributed by atoms with Gasteiger partial charge in [0.2, 0.25) is 0 Å². The van der Waals surface area contributed by atoms with E-state index in [9.17, 15) is 14.7 Å². The molecule has 2 unspecified atom stereocenters. The number of piperidine rings is 1. The van der Waals surface area contributed by atoms with E-state index in [0.29, 0.717) is 12.0 Å². The fraction of sp³-hybridized carbons (Fsp3) is 0.300. The number of carbonyl (C=O) groups excluding carboxylic acids is 2. The van der Waals surface area contributed by atoms with E-state index in [1.165, 1.54) is 4.90 Å². The molecule has 1 saturated heterocycles. The molecule has 0 bridgehead atoms. The van der Waals surface area contributed by atoms with Crippen molar-refractivity contribution >= 4 is 12.1 Å². The minimum atomic E-state index is -0.762. The molecule has 1 N–H and O–H groups in total. The fourth-order valence-corrected chi connectivity index (χ4v) is 2.87. The van der Waals surface area contributed by atoms with Crippen molar-refractivity contribution in [2.45, 2.75) is 25.2 Å². The van der Waals surface area contributed by atoms with Gasteiger partial charge in [-0.25, -0.2) is 9.59 Å². The smallest absolute Gasteiger partial charge is 0.410 e. The van der Waals surface area contributed by atoms with Crippen LogP contribution in [0, 0.1) is 0 Å². The first kappa shape index (κ1) is 17.9. The van der Waals surface area contributed by atoms with E-state index in [2.05, 4.69) is 0 Å². The molecular weight excluding hydrogens is 334 g/mol. The van der Waals surface area contributed by atoms with E-state index in [1.54, 1.807) is 24.3 Å². The molecule has 6 heteroatoms. The van der Waals surface area contributed by atoms with Crippen molar-refractivity contribution in [3.63, 3.8) is 0 Å². The maximum atomic E-state index is 12.3. The Labute approximate surface area is 152 Å². The number of carbonyl (C=O) groups is 2. The maximum Gasteiger partial charge on any atom is 0.410 e. The van der Waals surface area contributed by atoms with E-state index in [0.717, 1.165) is 5.56 Å². The van der Waals surface area contributed by atoms with Crippen molar-refractivity contribution in [2.75, 3.05) is 13.1 Å². The summed E-state index contributed by atoms with van der Waals surface area (Å²) in [4.78, 5) is 25.8. The molecule has 0 aromatic heterocycles. The zero-order valence-corrected chi connectivity index (χ0v) is 14.3. The van der Waals surface area contributed by atoms with Crippen LogP contribution in [0.2, 0.25) is 0 Å². The summed E-state index contributed by atoms with van der Waals surface area (Å²) < 4.78 is 10.7. The summed E-state index contributed by atoms with van der Waals surface area (Å²) in [5, 5.41) is 10.0. The van der Waals surface area contributed by atoms with Crippen LogP contribution in [0.25, 0.3) is 0 Å². The number of benzene rings is 2. The Hall–Kier alpha value is -2.86. The van der Waals surface area contributed by atoms with Crippen LogP contribution in [0.3, 0.4) is 0 Å². The fourth-order valence-electron chi connectivity index (χ4n) is 2.87. The highest BCUT2D eigenvalue weighted by Gasteiger charge is 2.32. The number of nitrogens with zero attached hydrogens (tertiary/aromatic N) is 1. The number of rotatable bonds is 4. The average molecular weight is 355 g/mol. The van der Waals surface area contributed by atoms with Crippen LogP contribution >= 0.6 is 0 Å². The molecule has 1 aliphatic rings. The minimum Gasteiger partial charge on any atom is -0.457 e. The van der Waals surface area contributed by atoms with Gasteiger partial charge in [0.25, 0.3) is 0 Å². The van der Waals surface area contributed by atoms with Gasteiger partial charge in [0.05, 0.1) is 24.8 Å². The van der Waals surface area contributed by atoms with Gasteiger partial charge < -0.3 is 19.5 Å². The third-order valence-electron chi connectivity index (χ3n) is 4.14. The molecule has 0 aliphatic carbocycles. The van der Waals surface area contributed by atoms with E-state index in [1.807, 2.05) is 36.4 Å². The second-order valence-electron chi connectivity index (χ2n) is 6.23. The Balaban J connectivity index is 1.55. The van der Waals surface area contributed by atoms with Crippen molar-refractivity contribution in [1.29, 1.82) is 0 Å². The van der Waals surface area contributed by atoms with Gasteiger partial charge >= 0.3 is 12.1 Å². The third-order valence-corrected chi connectivity index (χ3v) is 4.14. The SMILES string of the molecule is O=C(OC1CC(O)CN(C(=O)OCc2ccccc2)C1)c1ccccc1. The number of aliphatic hydroxyl groups excluding tert-OH is 1. The molecule has 1 amide bonds. The maximum absolute atomic E-state index is 12.3. The summed E-state index contributed by atoms with van der Waals surface area (Å²) in [7, 11) is 0. The zero-order valence-electron chi connectivity index (χ0n) is 14.3. The lowest BCUT2D eigenvalue weighted by Gasteiger charge is -2.34. The predicted octanol–water partition coefficient (Wildman–Crippen LogP) is 2.62. The number of hydrogen-bond donors (Lipinski definition) is 1. The summed E-state index contributed by atoms with van der Waals surface area (Å²) in [6.07, 6.45) is -1.58. The number of aliphatic hydroxyl groups is 1. The summed E-state index contributed by atoms with van der Waals surface area (Å²) in [6, 6.07) is 18.0. The number of β-amino-alcohol motifs (C(OH)–C–C–N with tert-alkyl or cyclic N) is 1. The molecule has 2 aromatic rings. The van der Waals surface area contributed by atoms with Gasteiger partial charge in [-0.2, -0.15) is 0 Å². The number of esters is 1. The largest absolute Gasteiger partial charge is 0.457 e. The Morgan fingerprint density at radius 3 is 2.35 bits per heavy atom. The first-order chi connectivity index (χ1) is 12.6. The first-order valence-electron chi connectivity index (χ1n) is 8.51. The van der Waals surface area contributed by atoms with Crippen molar-refractivity contribution < 1.29 is 24.2 Å². The molecule has 3 rings (SSSR count). The molecule has 2 aromatic carbocycles. The lowest BCUT2D eigenvalue weighted by molar-refractivity contribution is -0.0299. The van der Waals surface area contributed by atoms with Crippen molar-refractivity contribution in [2.24, 2.45) is 0 Å². The molecule has 1 aliphatic heterocycles. The van der Waals surface area contributed by atoms with Gasteiger partial charge in [-0.3, -0.25) is 0 Å². The van der Waals surface area contributed by atoms with Crippen molar-refractivity contribution in [3.8, 4) is 0 Å². The van der Waals surface area contributed by atoms with Crippen LogP contribution in [0.5, 0.6) is 0 Å². The summed E-state index contributed by atoms with van der Waals surface area (Å²) in [5.74, 6) is -0.470. The highest BCUT2D eigenvalue weighted by Crippen LogP contribution is 2.17. The quantitative estimate of drug-likeness (QED) is 0.853. The predicted molar refractivity (Wildman–Crippen MR) is 94.5 cm³/mol. The van der Waals surface area contributed by atoms with E-state index >= 15 is 0 Å². The Bertz CT molecular complexity index is 734. The van der Waals surface area contributed by atoms with Gasteiger partial charge in [0, 0.05) is 6.42 Å². The Morgan fingerprint density at radius 1 is 1.00 bits per heavy atom. The van der Waals surface area contributed by atoms with Gasteiger partial charge in [0.1, 0.15) is 12.7 Å². The van der Waals surface area contributed by atoms with E-state index in [4.69, 9.17) is 9.47 Å². The zero-order chi connectivity index (χ0) is 18.4. The molecular formula is C20H21NO5. The lowest BCUT2D eigenvalue weighted by Crippen LogP contribution is -2.49. The molecule has 0 radical (unpaired) electrons. The third kappa shape index (κ3) is 4.83. The van der Waals surface area contributed by atoms with Gasteiger partial charge in [-0.05, 0) is 17.7 Å². The van der Waals surface area contributed by atoms with E-state index < -0.39 is 24.3 Å². The van der Waals surface area contributed by atoms with Crippen LogP contribution < -0.4 is 0 Å². The van der Waals surface area contributed by atoms with Crippen LogP contribution in [0.15, 0.2) is 60.7 Å². The van der Waals surface area contributed by atoms with Gasteiger partial charge in [0.15, 0.2) is 0 Å². The first-order valence-corrected chi connectivity index (χ1v) is 8.51. The molecule has 26 heavy (non-hydrogen) atoms. The molecule has 1 fully saturated rings. The van der Waals surface area contributed by atoms with Crippen LogP contribution in [0.1, 0.15) is 22.3 Å². The lowest BCUT2D eigenvalue weighted by atomic mass is 10.1. The molecule has 6 nitrogen and oxygen atoms in total. The van der Waals surface area contributed by atoms with Crippen molar-refractivity contribution in [3.05, 3.63) is 71.8 Å². The molecule has 1 heterocycles. The highest BCUT2D eigenvalue weighted by molar-refractivity contribution is 5.89. The van der Waals surface area contributed by atoms with Gasteiger partial charge in [-0.15, -0.1) is 0 Å². The monoisotopic (exact) mass is 355 g/mol. The highest BCUT2D eigenvalue weighted by atomic mass is 16.6. The van der Waals surface area contributed by atoms with E-state index in [-0.39, 0.29) is 19.7 Å². The molecule has 2 atom stereocenters. The average Bonchev–Trinajstić information content (AvgIpc) is 2.67. The van der Waals surface area contributed by atoms with Crippen LogP contribution in [-0.4, -0.2) is 47.4 Å². The van der Waals surface area contributed by atoms with Gasteiger partial charge in [-0.1, -0.05) is 48.5 Å². The normalized spacial score (nSPS) is 19.7. The number of ether oxygens (including phenoxy) is 2. The summed E-state index contributed by atoms with van der Waals surface area (Å²) >= 11 is 0. The standard InChI is InChI=1S/C20H21NO5/c22-17-11-18(26-19(23)16-9-5-2-6-10-16)13-21(12-17)20(24)25-14-15-7-3-1-4-8-15/h1-10,17-18,22H,11-14H2. The summed E-state index contributed by atoms with van der Waals surface area (Å²) in [5.41, 5.74) is 1.32. The number of amides is 1. The second kappa shape index (κ2) is 8.49. The van der Waals surface area contributed by atoms with Crippen LogP contribution in [-0.2, 0) is 16.1 Å². The Kier molecular flexibility index (Phi) is 5.86. The minimum absolute atomic E-state index is 0.154.